The highest BCUT2D eigenvalue weighted by Gasteiger charge is 2.14. The number of aromatic hydroxyl groups is 1. The molecule has 0 bridgehead atoms. The van der Waals surface area contributed by atoms with E-state index < -0.39 is 0 Å². The van der Waals surface area contributed by atoms with Crippen LogP contribution in [0.15, 0.2) is 48.7 Å². The second-order valence-corrected chi connectivity index (χ2v) is 6.97. The molecule has 144 valence electrons. The van der Waals surface area contributed by atoms with Gasteiger partial charge in [-0.3, -0.25) is 9.78 Å². The van der Waals surface area contributed by atoms with E-state index >= 15 is 0 Å². The summed E-state index contributed by atoms with van der Waals surface area (Å²) in [6, 6.07) is 13.3. The van der Waals surface area contributed by atoms with Gasteiger partial charge in [-0.15, -0.1) is 0 Å². The molecule has 0 aliphatic rings. The summed E-state index contributed by atoms with van der Waals surface area (Å²) >= 11 is 0. The Morgan fingerprint density at radius 2 is 1.86 bits per heavy atom. The lowest BCUT2D eigenvalue weighted by Gasteiger charge is -2.10. The van der Waals surface area contributed by atoms with Crippen molar-refractivity contribution in [1.29, 1.82) is 0 Å². The first kappa shape index (κ1) is 19.5. The van der Waals surface area contributed by atoms with Crippen LogP contribution in [0, 0.1) is 6.92 Å². The van der Waals surface area contributed by atoms with Gasteiger partial charge in [-0.2, -0.15) is 4.98 Å². The van der Waals surface area contributed by atoms with Crippen molar-refractivity contribution in [2.45, 2.75) is 39.5 Å². The monoisotopic (exact) mass is 376 g/mol. The summed E-state index contributed by atoms with van der Waals surface area (Å²) in [5.74, 6) is 0.589. The molecule has 0 saturated heterocycles. The molecule has 0 atom stereocenters. The summed E-state index contributed by atoms with van der Waals surface area (Å²) in [5, 5.41) is 13.2. The number of carbonyl (C=O) groups is 1. The summed E-state index contributed by atoms with van der Waals surface area (Å²) in [5.41, 5.74) is 3.79. The second kappa shape index (κ2) is 8.61. The fourth-order valence-corrected chi connectivity index (χ4v) is 2.90. The van der Waals surface area contributed by atoms with Crippen molar-refractivity contribution in [3.8, 4) is 17.4 Å². The number of nitrogens with one attached hydrogen (secondary N) is 1. The third kappa shape index (κ3) is 4.71. The first-order valence-corrected chi connectivity index (χ1v) is 9.31. The predicted molar refractivity (Wildman–Crippen MR) is 109 cm³/mol. The van der Waals surface area contributed by atoms with Gasteiger partial charge in [0.2, 0.25) is 11.8 Å². The molecule has 0 spiro atoms. The molecule has 0 unspecified atom stereocenters. The van der Waals surface area contributed by atoms with Crippen LogP contribution in [0.1, 0.15) is 43.0 Å². The number of carbonyl (C=O) groups excluding carboxylic acids is 1. The summed E-state index contributed by atoms with van der Waals surface area (Å²) in [7, 11) is 0. The molecule has 0 saturated carbocycles. The summed E-state index contributed by atoms with van der Waals surface area (Å²) < 4.78 is 0. The van der Waals surface area contributed by atoms with Crippen LogP contribution in [0.25, 0.3) is 11.5 Å². The van der Waals surface area contributed by atoms with Crippen LogP contribution in [0.4, 0.5) is 5.69 Å². The lowest BCUT2D eigenvalue weighted by atomic mass is 10.0. The predicted octanol–water partition coefficient (Wildman–Crippen LogP) is 4.25. The number of anilines is 1. The van der Waals surface area contributed by atoms with Gasteiger partial charge < -0.3 is 10.4 Å². The van der Waals surface area contributed by atoms with Gasteiger partial charge in [0.15, 0.2) is 5.82 Å². The summed E-state index contributed by atoms with van der Waals surface area (Å²) in [6.45, 7) is 6.05. The molecule has 28 heavy (non-hydrogen) atoms. The number of rotatable bonds is 6. The maximum Gasteiger partial charge on any atom is 0.224 e. The van der Waals surface area contributed by atoms with Crippen molar-refractivity contribution in [1.82, 2.24) is 15.0 Å². The minimum atomic E-state index is -0.120. The van der Waals surface area contributed by atoms with E-state index in [0.717, 1.165) is 5.69 Å². The minimum Gasteiger partial charge on any atom is -0.493 e. The fourth-order valence-electron chi connectivity index (χ4n) is 2.90. The number of pyridine rings is 1. The summed E-state index contributed by atoms with van der Waals surface area (Å²) in [4.78, 5) is 25.0. The number of aromatic nitrogens is 3. The van der Waals surface area contributed by atoms with Crippen LogP contribution in [-0.4, -0.2) is 26.0 Å². The molecule has 0 radical (unpaired) electrons. The average Bonchev–Trinajstić information content (AvgIpc) is 2.68. The zero-order valence-corrected chi connectivity index (χ0v) is 16.3. The third-order valence-electron chi connectivity index (χ3n) is 4.55. The van der Waals surface area contributed by atoms with Crippen LogP contribution >= 0.6 is 0 Å². The smallest absolute Gasteiger partial charge is 0.224 e. The Morgan fingerprint density at radius 1 is 1.11 bits per heavy atom. The number of amides is 1. The Balaban J connectivity index is 1.64. The summed E-state index contributed by atoms with van der Waals surface area (Å²) in [6.07, 6.45) is 2.24. The Kier molecular flexibility index (Phi) is 5.99. The number of hydrogen-bond acceptors (Lipinski definition) is 5. The van der Waals surface area contributed by atoms with Crippen molar-refractivity contribution < 1.29 is 9.90 Å². The molecule has 2 N–H and O–H groups in total. The van der Waals surface area contributed by atoms with E-state index in [2.05, 4.69) is 34.1 Å². The number of aryl methyl sites for hydroxylation is 1. The van der Waals surface area contributed by atoms with E-state index in [1.165, 1.54) is 5.56 Å². The molecule has 3 aromatic rings. The molecule has 1 amide bonds. The van der Waals surface area contributed by atoms with Gasteiger partial charge in [-0.05, 0) is 49.1 Å². The number of hydrogen-bond donors (Lipinski definition) is 2. The van der Waals surface area contributed by atoms with E-state index in [1.54, 1.807) is 25.3 Å². The first-order valence-electron chi connectivity index (χ1n) is 9.31. The molecule has 0 fully saturated rings. The highest BCUT2D eigenvalue weighted by atomic mass is 16.3. The average molecular weight is 376 g/mol. The number of nitrogens with zero attached hydrogens (tertiary/aromatic N) is 3. The van der Waals surface area contributed by atoms with Gasteiger partial charge in [0.25, 0.3) is 0 Å². The van der Waals surface area contributed by atoms with E-state index in [0.29, 0.717) is 35.1 Å². The van der Waals surface area contributed by atoms with E-state index in [9.17, 15) is 9.90 Å². The van der Waals surface area contributed by atoms with Gasteiger partial charge in [0.05, 0.1) is 0 Å². The minimum absolute atomic E-state index is 0.109. The van der Waals surface area contributed by atoms with Crippen LogP contribution in [0.5, 0.6) is 5.88 Å². The van der Waals surface area contributed by atoms with E-state index in [1.807, 2.05) is 30.3 Å². The van der Waals surface area contributed by atoms with Crippen molar-refractivity contribution in [3.63, 3.8) is 0 Å². The SMILES string of the molecule is Cc1nc(-c2ccccn2)nc(O)c1CCC(=O)Nc1ccc(C(C)C)cc1. The largest absolute Gasteiger partial charge is 0.493 e. The third-order valence-corrected chi connectivity index (χ3v) is 4.55. The molecular formula is C22H24N4O2. The van der Waals surface area contributed by atoms with Gasteiger partial charge >= 0.3 is 0 Å². The molecule has 3 rings (SSSR count). The quantitative estimate of drug-likeness (QED) is 0.671. The van der Waals surface area contributed by atoms with Gasteiger partial charge in [-0.1, -0.05) is 32.0 Å². The van der Waals surface area contributed by atoms with E-state index in [-0.39, 0.29) is 18.2 Å². The zero-order chi connectivity index (χ0) is 20.1. The topological polar surface area (TPSA) is 88.0 Å². The Labute approximate surface area is 164 Å². The Hall–Kier alpha value is -3.28. The van der Waals surface area contributed by atoms with Crippen LogP contribution in [-0.2, 0) is 11.2 Å². The molecule has 1 aromatic carbocycles. The van der Waals surface area contributed by atoms with Gasteiger partial charge in [-0.25, -0.2) is 4.98 Å². The molecule has 0 aliphatic carbocycles. The second-order valence-electron chi connectivity index (χ2n) is 6.97. The number of benzene rings is 1. The molecule has 2 aromatic heterocycles. The standard InChI is InChI=1S/C22H24N4O2/c1-14(2)16-7-9-17(10-8-16)25-20(27)12-11-18-15(3)24-21(26-22(18)28)19-6-4-5-13-23-19/h4-10,13-14H,11-12H2,1-3H3,(H,25,27)(H,24,26,28). The molecular weight excluding hydrogens is 352 g/mol. The lowest BCUT2D eigenvalue weighted by molar-refractivity contribution is -0.116. The lowest BCUT2D eigenvalue weighted by Crippen LogP contribution is -2.13. The fraction of sp³-hybridized carbons (Fsp3) is 0.273. The molecule has 6 heteroatoms. The van der Waals surface area contributed by atoms with E-state index in [4.69, 9.17) is 0 Å². The zero-order valence-electron chi connectivity index (χ0n) is 16.3. The normalized spacial score (nSPS) is 10.9. The maximum atomic E-state index is 12.3. The highest BCUT2D eigenvalue weighted by molar-refractivity contribution is 5.90. The highest BCUT2D eigenvalue weighted by Crippen LogP contribution is 2.23. The van der Waals surface area contributed by atoms with Crippen molar-refractivity contribution in [2.24, 2.45) is 0 Å². The first-order chi connectivity index (χ1) is 13.4. The molecule has 6 nitrogen and oxygen atoms in total. The Bertz CT molecular complexity index is 931. The maximum absolute atomic E-state index is 12.3. The van der Waals surface area contributed by atoms with Crippen LogP contribution in [0.2, 0.25) is 0 Å². The van der Waals surface area contributed by atoms with Crippen molar-refractivity contribution >= 4 is 11.6 Å². The molecule has 2 heterocycles. The van der Waals surface area contributed by atoms with Crippen LogP contribution < -0.4 is 5.32 Å². The van der Waals surface area contributed by atoms with Gasteiger partial charge in [0, 0.05) is 29.6 Å². The van der Waals surface area contributed by atoms with Gasteiger partial charge in [0.1, 0.15) is 5.69 Å². The van der Waals surface area contributed by atoms with Crippen molar-refractivity contribution in [3.05, 3.63) is 65.5 Å². The molecule has 0 aliphatic heterocycles. The van der Waals surface area contributed by atoms with Crippen molar-refractivity contribution in [2.75, 3.05) is 5.32 Å². The Morgan fingerprint density at radius 3 is 2.46 bits per heavy atom. The van der Waals surface area contributed by atoms with Crippen LogP contribution in [0.3, 0.4) is 0 Å².